The zero-order valence-electron chi connectivity index (χ0n) is 18.4. The number of likely N-dealkylation sites (tertiary alicyclic amines) is 1. The molecule has 3 N–H and O–H groups in total. The Labute approximate surface area is 196 Å². The number of carbonyl (C=O) groups excluding carboxylic acids is 2. The van der Waals surface area contributed by atoms with E-state index in [4.69, 9.17) is 4.74 Å². The molecular formula is C21H34IN5O3. The van der Waals surface area contributed by atoms with Crippen LogP contribution in [0.1, 0.15) is 39.7 Å². The average Bonchev–Trinajstić information content (AvgIpc) is 3.06. The number of hydrogen-bond donors (Lipinski definition) is 3. The van der Waals surface area contributed by atoms with Crippen molar-refractivity contribution in [3.8, 4) is 0 Å². The second kappa shape index (κ2) is 12.0. The third-order valence-electron chi connectivity index (χ3n) is 4.39. The molecule has 30 heavy (non-hydrogen) atoms. The van der Waals surface area contributed by atoms with E-state index in [-0.39, 0.29) is 42.0 Å². The van der Waals surface area contributed by atoms with Crippen LogP contribution in [-0.4, -0.2) is 61.2 Å². The highest BCUT2D eigenvalue weighted by Gasteiger charge is 2.27. The van der Waals surface area contributed by atoms with Crippen molar-refractivity contribution >= 4 is 47.6 Å². The van der Waals surface area contributed by atoms with Gasteiger partial charge in [0.1, 0.15) is 5.60 Å². The molecule has 0 radical (unpaired) electrons. The zero-order chi connectivity index (χ0) is 21.4. The maximum atomic E-state index is 12.0. The van der Waals surface area contributed by atoms with Gasteiger partial charge >= 0.3 is 6.09 Å². The van der Waals surface area contributed by atoms with E-state index >= 15 is 0 Å². The summed E-state index contributed by atoms with van der Waals surface area (Å²) in [7, 11) is 1.76. The van der Waals surface area contributed by atoms with Crippen molar-refractivity contribution in [1.82, 2.24) is 15.5 Å². The van der Waals surface area contributed by atoms with Crippen LogP contribution in [0.2, 0.25) is 0 Å². The van der Waals surface area contributed by atoms with Crippen molar-refractivity contribution in [2.24, 2.45) is 4.99 Å². The van der Waals surface area contributed by atoms with E-state index in [0.29, 0.717) is 6.54 Å². The van der Waals surface area contributed by atoms with Crippen LogP contribution in [0.25, 0.3) is 0 Å². The van der Waals surface area contributed by atoms with Gasteiger partial charge in [0.2, 0.25) is 5.91 Å². The molecule has 1 saturated heterocycles. The van der Waals surface area contributed by atoms with Crippen molar-refractivity contribution < 1.29 is 14.3 Å². The van der Waals surface area contributed by atoms with E-state index in [0.717, 1.165) is 37.6 Å². The predicted octanol–water partition coefficient (Wildman–Crippen LogP) is 2.98. The Morgan fingerprint density at radius 2 is 1.90 bits per heavy atom. The molecule has 1 aliphatic rings. The molecule has 0 aromatic heterocycles. The van der Waals surface area contributed by atoms with E-state index in [1.54, 1.807) is 7.05 Å². The first kappa shape index (κ1) is 26.0. The topological polar surface area (TPSA) is 95.1 Å². The summed E-state index contributed by atoms with van der Waals surface area (Å²) >= 11 is 0. The molecule has 2 amide bonds. The molecule has 1 atom stereocenters. The Morgan fingerprint density at radius 3 is 2.47 bits per heavy atom. The Morgan fingerprint density at radius 1 is 1.23 bits per heavy atom. The van der Waals surface area contributed by atoms with Crippen molar-refractivity contribution in [1.29, 1.82) is 0 Å². The number of amides is 2. The summed E-state index contributed by atoms with van der Waals surface area (Å²) in [5.74, 6) is 0.752. The Hall–Kier alpha value is -2.04. The number of nitrogens with zero attached hydrogens (tertiary/aromatic N) is 2. The fourth-order valence-electron chi connectivity index (χ4n) is 3.15. The lowest BCUT2D eigenvalue weighted by atomic mass is 10.1. The quantitative estimate of drug-likeness (QED) is 0.309. The van der Waals surface area contributed by atoms with Crippen molar-refractivity contribution in [2.75, 3.05) is 32.0 Å². The summed E-state index contributed by atoms with van der Waals surface area (Å²) in [6.45, 7) is 9.32. The number of guanidine groups is 1. The van der Waals surface area contributed by atoms with Crippen LogP contribution in [0.4, 0.5) is 10.5 Å². The number of hydrogen-bond acceptors (Lipinski definition) is 4. The van der Waals surface area contributed by atoms with Crippen LogP contribution < -0.4 is 16.0 Å². The van der Waals surface area contributed by atoms with Gasteiger partial charge in [0.05, 0.1) is 6.04 Å². The van der Waals surface area contributed by atoms with Gasteiger partial charge in [-0.2, -0.15) is 0 Å². The lowest BCUT2D eigenvalue weighted by Crippen LogP contribution is -2.44. The number of anilines is 1. The molecule has 0 aliphatic carbocycles. The molecule has 0 saturated carbocycles. The summed E-state index contributed by atoms with van der Waals surface area (Å²) in [5.41, 5.74) is 1.47. The molecule has 0 bridgehead atoms. The molecule has 1 aromatic carbocycles. The van der Waals surface area contributed by atoms with Crippen LogP contribution in [0.5, 0.6) is 0 Å². The number of carbonyl (C=O) groups is 2. The Bertz CT molecular complexity index is 731. The molecule has 168 valence electrons. The second-order valence-corrected chi connectivity index (χ2v) is 8.18. The van der Waals surface area contributed by atoms with Gasteiger partial charge < -0.3 is 25.6 Å². The van der Waals surface area contributed by atoms with Gasteiger partial charge in [-0.15, -0.1) is 24.0 Å². The third-order valence-corrected chi connectivity index (χ3v) is 4.39. The molecule has 1 fully saturated rings. The number of ether oxygens (including phenoxy) is 1. The van der Waals surface area contributed by atoms with Gasteiger partial charge in [0.25, 0.3) is 0 Å². The molecule has 2 rings (SSSR count). The molecule has 1 aliphatic heterocycles. The van der Waals surface area contributed by atoms with Gasteiger partial charge in [-0.1, -0.05) is 12.1 Å². The van der Waals surface area contributed by atoms with E-state index in [9.17, 15) is 9.59 Å². The normalized spacial score (nSPS) is 16.5. The lowest BCUT2D eigenvalue weighted by molar-refractivity contribution is -0.114. The maximum Gasteiger partial charge on any atom is 0.407 e. The van der Waals surface area contributed by atoms with Crippen LogP contribution in [0.15, 0.2) is 29.3 Å². The predicted molar refractivity (Wildman–Crippen MR) is 131 cm³/mol. The SMILES string of the molecule is CN=C(NCCc1ccc(NC(C)=O)cc1)N1CCC(NC(=O)OC(C)(C)C)C1.I. The van der Waals surface area contributed by atoms with E-state index in [1.165, 1.54) is 12.5 Å². The average molecular weight is 531 g/mol. The largest absolute Gasteiger partial charge is 0.444 e. The van der Waals surface area contributed by atoms with Gasteiger partial charge in [-0.3, -0.25) is 9.79 Å². The van der Waals surface area contributed by atoms with Crippen LogP contribution in [0, 0.1) is 0 Å². The van der Waals surface area contributed by atoms with Crippen LogP contribution in [0.3, 0.4) is 0 Å². The minimum Gasteiger partial charge on any atom is -0.444 e. The van der Waals surface area contributed by atoms with Gasteiger partial charge in [-0.05, 0) is 51.3 Å². The molecular weight excluding hydrogens is 497 g/mol. The molecule has 9 heteroatoms. The van der Waals surface area contributed by atoms with E-state index in [2.05, 4.69) is 25.8 Å². The monoisotopic (exact) mass is 531 g/mol. The fourth-order valence-corrected chi connectivity index (χ4v) is 3.15. The van der Waals surface area contributed by atoms with Crippen molar-refractivity contribution in [2.45, 2.75) is 52.2 Å². The second-order valence-electron chi connectivity index (χ2n) is 8.18. The highest BCUT2D eigenvalue weighted by atomic mass is 127. The van der Waals surface area contributed by atoms with Crippen LogP contribution >= 0.6 is 24.0 Å². The third kappa shape index (κ3) is 9.19. The summed E-state index contributed by atoms with van der Waals surface area (Å²) in [5, 5.41) is 9.07. The molecule has 1 unspecified atom stereocenters. The van der Waals surface area contributed by atoms with Gasteiger partial charge in [0, 0.05) is 39.3 Å². The smallest absolute Gasteiger partial charge is 0.407 e. The maximum absolute atomic E-state index is 12.0. The highest BCUT2D eigenvalue weighted by molar-refractivity contribution is 14.0. The first-order valence-electron chi connectivity index (χ1n) is 9.98. The molecule has 0 spiro atoms. The van der Waals surface area contributed by atoms with E-state index < -0.39 is 5.60 Å². The Kier molecular flexibility index (Phi) is 10.4. The zero-order valence-corrected chi connectivity index (χ0v) is 20.8. The number of benzene rings is 1. The summed E-state index contributed by atoms with van der Waals surface area (Å²) in [4.78, 5) is 29.5. The highest BCUT2D eigenvalue weighted by Crippen LogP contribution is 2.13. The summed E-state index contributed by atoms with van der Waals surface area (Å²) in [6, 6.07) is 7.86. The summed E-state index contributed by atoms with van der Waals surface area (Å²) in [6.07, 6.45) is 1.31. The molecule has 1 aromatic rings. The summed E-state index contributed by atoms with van der Waals surface area (Å²) < 4.78 is 5.33. The first-order chi connectivity index (χ1) is 13.7. The first-order valence-corrected chi connectivity index (χ1v) is 9.98. The van der Waals surface area contributed by atoms with Crippen molar-refractivity contribution in [3.63, 3.8) is 0 Å². The minimum atomic E-state index is -0.500. The van der Waals surface area contributed by atoms with Crippen LogP contribution in [-0.2, 0) is 16.0 Å². The van der Waals surface area contributed by atoms with E-state index in [1.807, 2.05) is 45.0 Å². The number of nitrogens with one attached hydrogen (secondary N) is 3. The standard InChI is InChI=1S/C21H33N5O3.HI/c1-15(27)24-17-8-6-16(7-9-17)10-12-23-19(22-5)26-13-11-18(14-26)25-20(28)29-21(2,3)4;/h6-9,18H,10-14H2,1-5H3,(H,22,23)(H,24,27)(H,25,28);1H. The van der Waals surface area contributed by atoms with Gasteiger partial charge in [0.15, 0.2) is 5.96 Å². The minimum absolute atomic E-state index is 0. The van der Waals surface area contributed by atoms with Crippen molar-refractivity contribution in [3.05, 3.63) is 29.8 Å². The Balaban J connectivity index is 0.00000450. The fraction of sp³-hybridized carbons (Fsp3) is 0.571. The molecule has 1 heterocycles. The number of rotatable bonds is 5. The lowest BCUT2D eigenvalue weighted by Gasteiger charge is -2.23. The molecule has 8 nitrogen and oxygen atoms in total. The number of alkyl carbamates (subject to hydrolysis) is 1. The number of aliphatic imine (C=N–C) groups is 1. The van der Waals surface area contributed by atoms with Gasteiger partial charge in [-0.25, -0.2) is 4.79 Å². The number of halogens is 1.